The maximum atomic E-state index is 5.12. The Bertz CT molecular complexity index is 551. The SMILES string of the molecule is CCCNc1cc(N(C)Cc2ccoc2)nc(C(C)C)n1. The second-order valence-corrected chi connectivity index (χ2v) is 5.54. The Morgan fingerprint density at radius 2 is 2.14 bits per heavy atom. The van der Waals surface area contributed by atoms with Gasteiger partial charge in [-0.3, -0.25) is 0 Å². The molecule has 0 bridgehead atoms. The van der Waals surface area contributed by atoms with Gasteiger partial charge in [-0.15, -0.1) is 0 Å². The normalized spacial score (nSPS) is 10.9. The standard InChI is InChI=1S/C16H24N4O/c1-5-7-17-14-9-15(19-16(18-14)12(2)3)20(4)10-13-6-8-21-11-13/h6,8-9,11-12H,5,7,10H2,1-4H3,(H,17,18,19). The Hall–Kier alpha value is -2.04. The van der Waals surface area contributed by atoms with Gasteiger partial charge in [0.25, 0.3) is 0 Å². The van der Waals surface area contributed by atoms with Gasteiger partial charge >= 0.3 is 0 Å². The van der Waals surface area contributed by atoms with Gasteiger partial charge in [-0.05, 0) is 12.5 Å². The molecule has 0 aliphatic carbocycles. The number of anilines is 2. The molecule has 0 unspecified atom stereocenters. The molecular weight excluding hydrogens is 264 g/mol. The van der Waals surface area contributed by atoms with E-state index >= 15 is 0 Å². The maximum absolute atomic E-state index is 5.12. The van der Waals surface area contributed by atoms with Crippen molar-refractivity contribution in [1.29, 1.82) is 0 Å². The lowest BCUT2D eigenvalue weighted by Gasteiger charge is -2.20. The molecule has 0 aliphatic rings. The van der Waals surface area contributed by atoms with Gasteiger partial charge in [0.15, 0.2) is 0 Å². The van der Waals surface area contributed by atoms with Gasteiger partial charge in [0.05, 0.1) is 12.5 Å². The fraction of sp³-hybridized carbons (Fsp3) is 0.500. The summed E-state index contributed by atoms with van der Waals surface area (Å²) >= 11 is 0. The zero-order valence-corrected chi connectivity index (χ0v) is 13.3. The van der Waals surface area contributed by atoms with Crippen molar-refractivity contribution in [2.24, 2.45) is 0 Å². The van der Waals surface area contributed by atoms with Crippen molar-refractivity contribution in [1.82, 2.24) is 9.97 Å². The van der Waals surface area contributed by atoms with E-state index in [4.69, 9.17) is 4.42 Å². The number of aromatic nitrogens is 2. The summed E-state index contributed by atoms with van der Waals surface area (Å²) in [6, 6.07) is 3.97. The van der Waals surface area contributed by atoms with Crippen LogP contribution in [-0.2, 0) is 6.54 Å². The third-order valence-electron chi connectivity index (χ3n) is 3.19. The molecule has 5 heteroatoms. The summed E-state index contributed by atoms with van der Waals surface area (Å²) in [6.07, 6.45) is 4.52. The third-order valence-corrected chi connectivity index (χ3v) is 3.19. The van der Waals surface area contributed by atoms with Crippen molar-refractivity contribution in [3.8, 4) is 0 Å². The molecule has 2 aromatic rings. The summed E-state index contributed by atoms with van der Waals surface area (Å²) < 4.78 is 5.12. The van der Waals surface area contributed by atoms with E-state index in [0.29, 0.717) is 5.92 Å². The number of hydrogen-bond donors (Lipinski definition) is 1. The minimum atomic E-state index is 0.300. The largest absolute Gasteiger partial charge is 0.472 e. The molecule has 114 valence electrons. The molecule has 0 saturated heterocycles. The summed E-state index contributed by atoms with van der Waals surface area (Å²) in [5, 5.41) is 3.35. The molecule has 0 aromatic carbocycles. The van der Waals surface area contributed by atoms with Crippen molar-refractivity contribution in [3.05, 3.63) is 36.0 Å². The average molecular weight is 288 g/mol. The quantitative estimate of drug-likeness (QED) is 0.842. The molecule has 5 nitrogen and oxygen atoms in total. The molecule has 0 spiro atoms. The minimum absolute atomic E-state index is 0.300. The Morgan fingerprint density at radius 1 is 1.33 bits per heavy atom. The predicted octanol–water partition coefficient (Wildman–Crippen LogP) is 3.65. The number of nitrogens with one attached hydrogen (secondary N) is 1. The molecule has 0 aliphatic heterocycles. The third kappa shape index (κ3) is 4.21. The Kier molecular flexibility index (Phi) is 5.20. The molecule has 2 rings (SSSR count). The Balaban J connectivity index is 2.21. The molecule has 21 heavy (non-hydrogen) atoms. The van der Waals surface area contributed by atoms with Crippen LogP contribution < -0.4 is 10.2 Å². The predicted molar refractivity (Wildman–Crippen MR) is 85.7 cm³/mol. The van der Waals surface area contributed by atoms with E-state index in [1.54, 1.807) is 12.5 Å². The molecule has 0 atom stereocenters. The molecule has 1 N–H and O–H groups in total. The summed E-state index contributed by atoms with van der Waals surface area (Å²) in [5.41, 5.74) is 1.13. The highest BCUT2D eigenvalue weighted by atomic mass is 16.3. The van der Waals surface area contributed by atoms with Gasteiger partial charge in [-0.1, -0.05) is 20.8 Å². The van der Waals surface area contributed by atoms with Crippen molar-refractivity contribution < 1.29 is 4.42 Å². The Labute approximate surface area is 126 Å². The van der Waals surface area contributed by atoms with Crippen LogP contribution in [0, 0.1) is 0 Å². The molecule has 2 aromatic heterocycles. The van der Waals surface area contributed by atoms with E-state index in [0.717, 1.165) is 42.5 Å². The van der Waals surface area contributed by atoms with Crippen molar-refractivity contribution in [2.75, 3.05) is 23.8 Å². The lowest BCUT2D eigenvalue weighted by atomic mass is 10.2. The zero-order valence-electron chi connectivity index (χ0n) is 13.3. The van der Waals surface area contributed by atoms with Crippen LogP contribution in [0.4, 0.5) is 11.6 Å². The van der Waals surface area contributed by atoms with Crippen LogP contribution >= 0.6 is 0 Å². The van der Waals surface area contributed by atoms with Gasteiger partial charge < -0.3 is 14.6 Å². The number of rotatable bonds is 7. The maximum Gasteiger partial charge on any atom is 0.135 e. The first-order valence-corrected chi connectivity index (χ1v) is 7.45. The molecule has 2 heterocycles. The first kappa shape index (κ1) is 15.4. The topological polar surface area (TPSA) is 54.2 Å². The van der Waals surface area contributed by atoms with Gasteiger partial charge in [-0.2, -0.15) is 0 Å². The van der Waals surface area contributed by atoms with Gasteiger partial charge in [0.1, 0.15) is 17.5 Å². The van der Waals surface area contributed by atoms with Crippen molar-refractivity contribution in [3.63, 3.8) is 0 Å². The van der Waals surface area contributed by atoms with Gasteiger partial charge in [0.2, 0.25) is 0 Å². The second-order valence-electron chi connectivity index (χ2n) is 5.54. The molecule has 0 amide bonds. The van der Waals surface area contributed by atoms with Crippen molar-refractivity contribution >= 4 is 11.6 Å². The average Bonchev–Trinajstić information content (AvgIpc) is 2.97. The van der Waals surface area contributed by atoms with E-state index in [1.165, 1.54) is 0 Å². The van der Waals surface area contributed by atoms with E-state index in [-0.39, 0.29) is 0 Å². The molecule has 0 fully saturated rings. The lowest BCUT2D eigenvalue weighted by Crippen LogP contribution is -2.19. The minimum Gasteiger partial charge on any atom is -0.472 e. The van der Waals surface area contributed by atoms with Crippen LogP contribution in [-0.4, -0.2) is 23.6 Å². The summed E-state index contributed by atoms with van der Waals surface area (Å²) in [4.78, 5) is 11.4. The highest BCUT2D eigenvalue weighted by Gasteiger charge is 2.11. The number of nitrogens with zero attached hydrogens (tertiary/aromatic N) is 3. The molecular formula is C16H24N4O. The lowest BCUT2D eigenvalue weighted by molar-refractivity contribution is 0.563. The Morgan fingerprint density at radius 3 is 2.76 bits per heavy atom. The molecule has 0 radical (unpaired) electrons. The van der Waals surface area contributed by atoms with Crippen LogP contribution in [0.5, 0.6) is 0 Å². The summed E-state index contributed by atoms with van der Waals surface area (Å²) in [7, 11) is 2.03. The number of furan rings is 1. The van der Waals surface area contributed by atoms with E-state index in [9.17, 15) is 0 Å². The smallest absolute Gasteiger partial charge is 0.135 e. The van der Waals surface area contributed by atoms with E-state index in [2.05, 4.69) is 41.0 Å². The zero-order chi connectivity index (χ0) is 15.2. The second kappa shape index (κ2) is 7.11. The van der Waals surface area contributed by atoms with Crippen LogP contribution in [0.25, 0.3) is 0 Å². The van der Waals surface area contributed by atoms with Gasteiger partial charge in [0, 0.05) is 37.7 Å². The van der Waals surface area contributed by atoms with E-state index in [1.807, 2.05) is 19.2 Å². The van der Waals surface area contributed by atoms with Gasteiger partial charge in [-0.25, -0.2) is 9.97 Å². The van der Waals surface area contributed by atoms with E-state index < -0.39 is 0 Å². The fourth-order valence-corrected chi connectivity index (χ4v) is 1.99. The van der Waals surface area contributed by atoms with Crippen LogP contribution in [0.1, 0.15) is 44.5 Å². The van der Waals surface area contributed by atoms with Crippen molar-refractivity contribution in [2.45, 2.75) is 39.7 Å². The van der Waals surface area contributed by atoms with Crippen LogP contribution in [0.15, 0.2) is 29.1 Å². The highest BCUT2D eigenvalue weighted by Crippen LogP contribution is 2.20. The highest BCUT2D eigenvalue weighted by molar-refractivity contribution is 5.49. The van der Waals surface area contributed by atoms with Crippen LogP contribution in [0.3, 0.4) is 0 Å². The first-order valence-electron chi connectivity index (χ1n) is 7.45. The summed E-state index contributed by atoms with van der Waals surface area (Å²) in [5.74, 6) is 2.98. The van der Waals surface area contributed by atoms with Crippen LogP contribution in [0.2, 0.25) is 0 Å². The monoisotopic (exact) mass is 288 g/mol. The fourth-order valence-electron chi connectivity index (χ4n) is 1.99. The summed E-state index contributed by atoms with van der Waals surface area (Å²) in [6.45, 7) is 8.04. The first-order chi connectivity index (χ1) is 10.1. The number of hydrogen-bond acceptors (Lipinski definition) is 5. The molecule has 0 saturated carbocycles.